The molecule has 3 aliphatic heterocycles. The van der Waals surface area contributed by atoms with E-state index in [1.807, 2.05) is 58.0 Å². The van der Waals surface area contributed by atoms with Crippen molar-refractivity contribution in [3.8, 4) is 0 Å². The second-order valence-corrected chi connectivity index (χ2v) is 28.1. The van der Waals surface area contributed by atoms with Gasteiger partial charge in [0.1, 0.15) is 24.0 Å². The molecule has 4 aliphatic rings. The molecule has 14 atom stereocenters. The fourth-order valence-electron chi connectivity index (χ4n) is 11.3. The summed E-state index contributed by atoms with van der Waals surface area (Å²) >= 11 is 0. The number of benzene rings is 1. The number of nitrogens with zero attached hydrogens (tertiary/aromatic N) is 1. The van der Waals surface area contributed by atoms with Gasteiger partial charge in [0.05, 0.1) is 50.3 Å². The third-order valence-electron chi connectivity index (χ3n) is 16.8. The molecule has 3 heterocycles. The third kappa shape index (κ3) is 15.7. The quantitative estimate of drug-likeness (QED) is 0.0616. The van der Waals surface area contributed by atoms with Gasteiger partial charge in [0.25, 0.3) is 11.7 Å². The zero-order valence-corrected chi connectivity index (χ0v) is 47.9. The van der Waals surface area contributed by atoms with E-state index >= 15 is 4.79 Å². The van der Waals surface area contributed by atoms with E-state index in [2.05, 4.69) is 52.9 Å². The maximum absolute atomic E-state index is 15.0. The molecular weight excluding hydrogens is 947 g/mol. The van der Waals surface area contributed by atoms with Gasteiger partial charge in [-0.05, 0) is 119 Å². The molecule has 1 aromatic carbocycles. The monoisotopic (exact) mass is 1040 g/mol. The zero-order chi connectivity index (χ0) is 53.8. The number of Topliss-reactive ketones (excluding diaryl/α,β-unsaturated/α-hetero) is 2. The van der Waals surface area contributed by atoms with Crippen molar-refractivity contribution in [2.75, 3.05) is 41.1 Å². The van der Waals surface area contributed by atoms with Crippen LogP contribution in [0.25, 0.3) is 0 Å². The fraction of sp³-hybridized carbons (Fsp3) is 0.759. The van der Waals surface area contributed by atoms with Crippen LogP contribution in [0.15, 0.2) is 53.6 Å². The summed E-state index contributed by atoms with van der Waals surface area (Å²) in [7, 11) is 2.28. The van der Waals surface area contributed by atoms with E-state index in [0.29, 0.717) is 58.3 Å². The maximum atomic E-state index is 15.0. The molecular formula is C58H93NO13Si. The van der Waals surface area contributed by atoms with E-state index in [9.17, 15) is 19.5 Å². The Morgan fingerprint density at radius 3 is 2.18 bits per heavy atom. The smallest absolute Gasteiger partial charge is 0.329 e. The van der Waals surface area contributed by atoms with Gasteiger partial charge in [-0.15, -0.1) is 0 Å². The lowest BCUT2D eigenvalue weighted by Crippen LogP contribution is -2.64. The first-order chi connectivity index (χ1) is 34.5. The molecule has 2 bridgehead atoms. The van der Waals surface area contributed by atoms with Gasteiger partial charge in [0, 0.05) is 52.0 Å². The molecule has 412 valence electrons. The first kappa shape index (κ1) is 60.7. The summed E-state index contributed by atoms with van der Waals surface area (Å²) in [5.74, 6) is -6.84. The third-order valence-corrected chi connectivity index (χ3v) is 21.3. The highest BCUT2D eigenvalue weighted by molar-refractivity contribution is 6.74. The van der Waals surface area contributed by atoms with Crippen molar-refractivity contribution in [2.24, 2.45) is 29.6 Å². The number of esters is 1. The Bertz CT molecular complexity index is 2020. The second kappa shape index (κ2) is 27.3. The molecule has 1 aromatic rings. The molecule has 0 aromatic heterocycles. The maximum Gasteiger partial charge on any atom is 0.329 e. The molecule has 1 aliphatic carbocycles. The van der Waals surface area contributed by atoms with E-state index in [1.54, 1.807) is 28.3 Å². The Morgan fingerprint density at radius 1 is 0.863 bits per heavy atom. The number of fused-ring (bicyclic) bond motifs is 3. The number of carbonyl (C=O) groups is 4. The summed E-state index contributed by atoms with van der Waals surface area (Å²) in [6.45, 7) is 24.2. The number of rotatable bonds is 14. The normalized spacial score (nSPS) is 35.1. The average Bonchev–Trinajstić information content (AvgIpc) is 3.35. The van der Waals surface area contributed by atoms with Crippen LogP contribution in [-0.4, -0.2) is 137 Å². The molecule has 1 saturated carbocycles. The van der Waals surface area contributed by atoms with Crippen molar-refractivity contribution < 1.29 is 61.9 Å². The first-order valence-electron chi connectivity index (χ1n) is 27.3. The number of methoxy groups -OCH3 is 3. The van der Waals surface area contributed by atoms with Crippen LogP contribution in [0.4, 0.5) is 0 Å². The van der Waals surface area contributed by atoms with E-state index in [0.717, 1.165) is 29.6 Å². The van der Waals surface area contributed by atoms with Gasteiger partial charge in [-0.1, -0.05) is 96.5 Å². The number of amides is 1. The Labute approximate surface area is 439 Å². The summed E-state index contributed by atoms with van der Waals surface area (Å²) in [5.41, 5.74) is 2.96. The van der Waals surface area contributed by atoms with E-state index in [1.165, 1.54) is 4.90 Å². The topological polar surface area (TPSA) is 166 Å². The number of allylic oxidation sites excluding steroid dienone is 3. The van der Waals surface area contributed by atoms with Crippen LogP contribution < -0.4 is 0 Å². The van der Waals surface area contributed by atoms with Gasteiger partial charge in [-0.2, -0.15) is 0 Å². The van der Waals surface area contributed by atoms with Gasteiger partial charge in [-0.25, -0.2) is 4.79 Å². The minimum atomic E-state index is -2.55. The lowest BCUT2D eigenvalue weighted by atomic mass is 9.81. The van der Waals surface area contributed by atoms with Crippen LogP contribution >= 0.6 is 0 Å². The van der Waals surface area contributed by atoms with Gasteiger partial charge >= 0.3 is 5.97 Å². The number of hydrogen-bond donors (Lipinski definition) is 1. The van der Waals surface area contributed by atoms with Crippen molar-refractivity contribution in [3.05, 3.63) is 59.2 Å². The largest absolute Gasteiger partial charge is 0.456 e. The molecule has 2 saturated heterocycles. The van der Waals surface area contributed by atoms with Crippen LogP contribution in [0.1, 0.15) is 139 Å². The Morgan fingerprint density at radius 2 is 1.53 bits per heavy atom. The van der Waals surface area contributed by atoms with Crippen molar-refractivity contribution in [1.82, 2.24) is 4.90 Å². The van der Waals surface area contributed by atoms with Crippen molar-refractivity contribution in [3.63, 3.8) is 0 Å². The standard InChI is InChI=1S/C58H93NO13Si/c1-15-44-30-37(2)29-38(3)31-50(66-11)53-51(67-12)33-40(5)58(64,71-53)54(61)55(62)59-26-20-19-23-45(59)56(63)70-52(41(6)48(35-46(44)60)72-73(13,14)57(7,8)9)39(4)32-43-24-25-47(49(34-43)65-10)69-28-27-68-36-42-21-17-16-18-22-42/h16-18,21-22,30,32,38,40-41,43-45,47-53,64H,15,19-20,23-29,31,33-36H2,1-14H3/b37-30+,39-32?. The molecule has 1 N–H and O–H groups in total. The van der Waals surface area contributed by atoms with Crippen molar-refractivity contribution in [1.29, 1.82) is 0 Å². The first-order valence-corrected chi connectivity index (χ1v) is 30.2. The highest BCUT2D eigenvalue weighted by Crippen LogP contribution is 2.42. The predicted molar refractivity (Wildman–Crippen MR) is 284 cm³/mol. The Hall–Kier alpha value is -3.12. The molecule has 14 nitrogen and oxygen atoms in total. The van der Waals surface area contributed by atoms with Crippen molar-refractivity contribution in [2.45, 2.75) is 212 Å². The Kier molecular flexibility index (Phi) is 22.7. The number of piperidine rings is 1. The van der Waals surface area contributed by atoms with E-state index in [4.69, 9.17) is 37.6 Å². The number of aliphatic hydroxyl groups is 1. The fourth-order valence-corrected chi connectivity index (χ4v) is 12.7. The highest BCUT2D eigenvalue weighted by atomic mass is 28.4. The number of carbonyl (C=O) groups excluding carboxylic acids is 4. The molecule has 0 radical (unpaired) electrons. The molecule has 5 rings (SSSR count). The lowest BCUT2D eigenvalue weighted by Gasteiger charge is -2.47. The lowest BCUT2D eigenvalue weighted by molar-refractivity contribution is -0.302. The number of ketones is 2. The van der Waals surface area contributed by atoms with Crippen LogP contribution in [0.3, 0.4) is 0 Å². The SMILES string of the molecule is CCC1/C=C(\C)CC(C)CC(OC)C2OC(O)(C(=O)C(=O)N3CCCCC3C(=O)OC(C(C)=CC3CCC(OCCOCc4ccccc4)C(OC)C3)C(C)C(O[Si](C)(C)C(C)(C)C)CC1=O)C(C)CC2OC. The molecule has 14 unspecified atom stereocenters. The number of cyclic esters (lactones) is 1. The van der Waals surface area contributed by atoms with Gasteiger partial charge in [0.2, 0.25) is 5.79 Å². The summed E-state index contributed by atoms with van der Waals surface area (Å²) in [6.07, 6.45) is 6.20. The summed E-state index contributed by atoms with van der Waals surface area (Å²) in [6, 6.07) is 8.94. The molecule has 3 fully saturated rings. The Balaban J connectivity index is 1.53. The minimum Gasteiger partial charge on any atom is -0.456 e. The summed E-state index contributed by atoms with van der Waals surface area (Å²) in [4.78, 5) is 60.3. The van der Waals surface area contributed by atoms with Crippen LogP contribution in [0, 0.1) is 29.6 Å². The van der Waals surface area contributed by atoms with Crippen LogP contribution in [-0.2, 0) is 63.4 Å². The van der Waals surface area contributed by atoms with E-state index < -0.39 is 80.2 Å². The second-order valence-electron chi connectivity index (χ2n) is 23.4. The van der Waals surface area contributed by atoms with E-state index in [-0.39, 0.29) is 66.6 Å². The molecule has 15 heteroatoms. The highest BCUT2D eigenvalue weighted by Gasteiger charge is 2.57. The molecule has 0 spiro atoms. The zero-order valence-electron chi connectivity index (χ0n) is 46.9. The summed E-state index contributed by atoms with van der Waals surface area (Å²) < 4.78 is 50.6. The van der Waals surface area contributed by atoms with Gasteiger partial charge in [-0.3, -0.25) is 14.4 Å². The molecule has 73 heavy (non-hydrogen) atoms. The van der Waals surface area contributed by atoms with Crippen LogP contribution in [0.5, 0.6) is 0 Å². The van der Waals surface area contributed by atoms with Crippen LogP contribution in [0.2, 0.25) is 18.1 Å². The van der Waals surface area contributed by atoms with Gasteiger partial charge < -0.3 is 47.6 Å². The van der Waals surface area contributed by atoms with Gasteiger partial charge in [0.15, 0.2) is 8.32 Å². The minimum absolute atomic E-state index is 0.0442. The predicted octanol–water partition coefficient (Wildman–Crippen LogP) is 9.74. The average molecular weight is 1040 g/mol. The number of ether oxygens (including phenoxy) is 7. The number of hydrogen-bond acceptors (Lipinski definition) is 13. The molecule has 1 amide bonds. The van der Waals surface area contributed by atoms with Crippen molar-refractivity contribution >= 4 is 31.8 Å². The summed E-state index contributed by atoms with van der Waals surface area (Å²) in [5, 5.41) is 12.1.